The molecule has 1 aliphatic carbocycles. The zero-order chi connectivity index (χ0) is 22.6. The molecular formula is C21H19F3N6O2. The van der Waals surface area contributed by atoms with Crippen molar-refractivity contribution in [3.05, 3.63) is 52.6 Å². The van der Waals surface area contributed by atoms with E-state index in [0.29, 0.717) is 17.9 Å². The molecule has 11 heteroatoms. The van der Waals surface area contributed by atoms with E-state index < -0.39 is 11.9 Å². The second-order valence-corrected chi connectivity index (χ2v) is 8.00. The van der Waals surface area contributed by atoms with E-state index in [1.54, 1.807) is 11.0 Å². The molecule has 166 valence electrons. The maximum atomic E-state index is 13.3. The van der Waals surface area contributed by atoms with Crippen LogP contribution in [0.4, 0.5) is 19.0 Å². The molecule has 1 fully saturated rings. The Bertz CT molecular complexity index is 1210. The third kappa shape index (κ3) is 3.62. The Kier molecular flexibility index (Phi) is 4.73. The highest BCUT2D eigenvalue weighted by Gasteiger charge is 2.36. The molecule has 1 atom stereocenters. The van der Waals surface area contributed by atoms with E-state index in [4.69, 9.17) is 10.5 Å². The minimum absolute atomic E-state index is 0.0114. The van der Waals surface area contributed by atoms with E-state index in [1.165, 1.54) is 12.3 Å². The third-order valence-electron chi connectivity index (χ3n) is 5.74. The highest BCUT2D eigenvalue weighted by atomic mass is 19.4. The van der Waals surface area contributed by atoms with E-state index >= 15 is 0 Å². The Labute approximate surface area is 180 Å². The van der Waals surface area contributed by atoms with Crippen molar-refractivity contribution in [3.63, 3.8) is 0 Å². The molecule has 0 radical (unpaired) electrons. The average molecular weight is 444 g/mol. The van der Waals surface area contributed by atoms with Crippen LogP contribution in [0.15, 0.2) is 24.4 Å². The van der Waals surface area contributed by atoms with Crippen LogP contribution in [0.2, 0.25) is 0 Å². The average Bonchev–Trinajstić information content (AvgIpc) is 3.52. The Hall–Kier alpha value is -3.34. The fourth-order valence-corrected chi connectivity index (χ4v) is 3.96. The van der Waals surface area contributed by atoms with Gasteiger partial charge in [-0.3, -0.25) is 4.79 Å². The Morgan fingerprint density at radius 2 is 2.06 bits per heavy atom. The maximum absolute atomic E-state index is 13.3. The van der Waals surface area contributed by atoms with Crippen LogP contribution >= 0.6 is 0 Å². The van der Waals surface area contributed by atoms with Crippen LogP contribution in [0, 0.1) is 0 Å². The van der Waals surface area contributed by atoms with Crippen LogP contribution in [0.1, 0.15) is 58.9 Å². The second-order valence-electron chi connectivity index (χ2n) is 8.00. The predicted octanol–water partition coefficient (Wildman–Crippen LogP) is 3.42. The number of rotatable bonds is 4. The lowest BCUT2D eigenvalue weighted by molar-refractivity contribution is -0.141. The number of alkyl halides is 3. The van der Waals surface area contributed by atoms with Crippen molar-refractivity contribution < 1.29 is 22.7 Å². The molecule has 1 aliphatic heterocycles. The number of nitrogen functional groups attached to an aromatic ring is 1. The van der Waals surface area contributed by atoms with Gasteiger partial charge >= 0.3 is 6.18 Å². The van der Waals surface area contributed by atoms with Crippen molar-refractivity contribution in [2.24, 2.45) is 0 Å². The summed E-state index contributed by atoms with van der Waals surface area (Å²) in [7, 11) is 0. The van der Waals surface area contributed by atoms with Gasteiger partial charge in [0, 0.05) is 17.0 Å². The summed E-state index contributed by atoms with van der Waals surface area (Å²) in [5.74, 6) is 0.0625. The molecule has 2 aliphatic rings. The Morgan fingerprint density at radius 3 is 2.72 bits per heavy atom. The molecule has 2 N–H and O–H groups in total. The van der Waals surface area contributed by atoms with Gasteiger partial charge in [-0.05, 0) is 43.5 Å². The molecule has 0 saturated heterocycles. The minimum Gasteiger partial charge on any atom is -0.383 e. The number of fused-ring (bicyclic) bond motifs is 3. The van der Waals surface area contributed by atoms with Crippen LogP contribution in [-0.4, -0.2) is 37.0 Å². The minimum atomic E-state index is -4.56. The monoisotopic (exact) mass is 444 g/mol. The van der Waals surface area contributed by atoms with Crippen molar-refractivity contribution in [2.45, 2.75) is 51.2 Å². The number of carbonyl (C=O) groups is 1. The zero-order valence-corrected chi connectivity index (χ0v) is 17.1. The lowest BCUT2D eigenvalue weighted by Crippen LogP contribution is -2.33. The van der Waals surface area contributed by atoms with Gasteiger partial charge in [-0.2, -0.15) is 18.3 Å². The van der Waals surface area contributed by atoms with Crippen LogP contribution in [-0.2, 0) is 24.1 Å². The number of halogens is 3. The number of hydrogen-bond acceptors (Lipinski definition) is 7. The van der Waals surface area contributed by atoms with Crippen LogP contribution in [0.3, 0.4) is 0 Å². The highest BCUT2D eigenvalue weighted by molar-refractivity contribution is 5.97. The number of aromatic nitrogens is 4. The molecule has 1 saturated carbocycles. The van der Waals surface area contributed by atoms with Crippen molar-refractivity contribution in [1.82, 2.24) is 25.1 Å². The number of hydrogen-bond donors (Lipinski definition) is 1. The first kappa shape index (κ1) is 20.6. The number of nitrogens with two attached hydrogens (primary N) is 1. The zero-order valence-electron chi connectivity index (χ0n) is 17.1. The molecule has 1 amide bonds. The predicted molar refractivity (Wildman–Crippen MR) is 107 cm³/mol. The van der Waals surface area contributed by atoms with Gasteiger partial charge in [0.25, 0.3) is 5.91 Å². The molecule has 32 heavy (non-hydrogen) atoms. The van der Waals surface area contributed by atoms with Crippen LogP contribution in [0.5, 0.6) is 0 Å². The fourth-order valence-electron chi connectivity index (χ4n) is 3.96. The number of nitrogens with zero attached hydrogens (tertiary/aromatic N) is 5. The quantitative estimate of drug-likeness (QED) is 0.657. The summed E-state index contributed by atoms with van der Waals surface area (Å²) in [5, 5.41) is 7.66. The molecule has 5 rings (SSSR count). The fraction of sp³-hybridized carbons (Fsp3) is 0.381. The SMILES string of the molecule is C[C@H]1OCc2c1c(N)nc1cnc(C(=O)N(Cc3ccc(C(F)(F)F)nn3)C3CC3)cc21. The van der Waals surface area contributed by atoms with Gasteiger partial charge < -0.3 is 15.4 Å². The van der Waals surface area contributed by atoms with Crippen molar-refractivity contribution in [1.29, 1.82) is 0 Å². The molecule has 8 nitrogen and oxygen atoms in total. The standard InChI is InChI=1S/C21H19F3N6O2/c1-10-18-14(9-32-10)13-6-15(26-7-16(13)27-19(18)25)20(31)30(12-3-4-12)8-11-2-5-17(29-28-11)21(22,23)24/h2,5-7,10,12H,3-4,8-9H2,1H3,(H2,25,27)/t10-/m1/s1. The number of anilines is 1. The molecule has 3 aromatic heterocycles. The van der Waals surface area contributed by atoms with E-state index in [1.807, 2.05) is 6.92 Å². The number of amides is 1. The summed E-state index contributed by atoms with van der Waals surface area (Å²) in [4.78, 5) is 23.5. The lowest BCUT2D eigenvalue weighted by atomic mass is 10.0. The Balaban J connectivity index is 1.45. The van der Waals surface area contributed by atoms with Gasteiger partial charge in [0.1, 0.15) is 11.5 Å². The number of pyridine rings is 2. The summed E-state index contributed by atoms with van der Waals surface area (Å²) >= 11 is 0. The van der Waals surface area contributed by atoms with Crippen LogP contribution < -0.4 is 5.73 Å². The molecule has 0 aromatic carbocycles. The molecule has 0 spiro atoms. The third-order valence-corrected chi connectivity index (χ3v) is 5.74. The van der Waals surface area contributed by atoms with Gasteiger partial charge in [0.15, 0.2) is 5.69 Å². The lowest BCUT2D eigenvalue weighted by Gasteiger charge is -2.22. The van der Waals surface area contributed by atoms with E-state index in [2.05, 4.69) is 20.2 Å². The van der Waals surface area contributed by atoms with Crippen molar-refractivity contribution >= 4 is 22.6 Å². The van der Waals surface area contributed by atoms with Crippen LogP contribution in [0.25, 0.3) is 10.9 Å². The summed E-state index contributed by atoms with van der Waals surface area (Å²) in [6.07, 6.45) is -1.62. The second kappa shape index (κ2) is 7.37. The summed E-state index contributed by atoms with van der Waals surface area (Å²) < 4.78 is 43.9. The summed E-state index contributed by atoms with van der Waals surface area (Å²) in [6.45, 7) is 2.31. The first-order valence-electron chi connectivity index (χ1n) is 10.1. The van der Waals surface area contributed by atoms with E-state index in [9.17, 15) is 18.0 Å². The smallest absolute Gasteiger partial charge is 0.383 e. The molecule has 0 unspecified atom stereocenters. The van der Waals surface area contributed by atoms with Gasteiger partial charge in [0.2, 0.25) is 0 Å². The van der Waals surface area contributed by atoms with E-state index in [-0.39, 0.29) is 36.0 Å². The largest absolute Gasteiger partial charge is 0.435 e. The molecule has 4 heterocycles. The van der Waals surface area contributed by atoms with Gasteiger partial charge in [-0.1, -0.05) is 0 Å². The van der Waals surface area contributed by atoms with Crippen molar-refractivity contribution in [2.75, 3.05) is 5.73 Å². The van der Waals surface area contributed by atoms with Crippen molar-refractivity contribution in [3.8, 4) is 0 Å². The topological polar surface area (TPSA) is 107 Å². The van der Waals surface area contributed by atoms with Gasteiger partial charge in [0.05, 0.1) is 36.7 Å². The number of carbonyl (C=O) groups excluding carboxylic acids is 1. The molecule has 0 bridgehead atoms. The normalized spacial score (nSPS) is 18.1. The molecular weight excluding hydrogens is 425 g/mol. The van der Waals surface area contributed by atoms with Gasteiger partial charge in [-0.15, -0.1) is 5.10 Å². The highest BCUT2D eigenvalue weighted by Crippen LogP contribution is 2.38. The van der Waals surface area contributed by atoms with E-state index in [0.717, 1.165) is 35.4 Å². The summed E-state index contributed by atoms with van der Waals surface area (Å²) in [5.41, 5.74) is 7.78. The number of ether oxygens (including phenoxy) is 1. The first-order chi connectivity index (χ1) is 15.2. The first-order valence-corrected chi connectivity index (χ1v) is 10.1. The van der Waals surface area contributed by atoms with Gasteiger partial charge in [-0.25, -0.2) is 9.97 Å². The molecule has 3 aromatic rings. The maximum Gasteiger partial charge on any atom is 0.435 e. The Morgan fingerprint density at radius 1 is 1.28 bits per heavy atom. The summed E-state index contributed by atoms with van der Waals surface area (Å²) in [6, 6.07) is 3.78.